The monoisotopic (exact) mass is 199 g/mol. The fraction of sp³-hybridized carbons (Fsp3) is 0. The zero-order chi connectivity index (χ0) is 9.90. The van der Waals surface area contributed by atoms with E-state index in [1.165, 1.54) is 12.1 Å². The van der Waals surface area contributed by atoms with Gasteiger partial charge in [-0.15, -0.1) is 0 Å². The first-order valence-electron chi connectivity index (χ1n) is 3.19. The van der Waals surface area contributed by atoms with Crippen molar-refractivity contribution in [3.05, 3.63) is 24.3 Å². The molecule has 0 spiro atoms. The van der Waals surface area contributed by atoms with Gasteiger partial charge in [-0.2, -0.15) is 8.42 Å². The van der Waals surface area contributed by atoms with Crippen LogP contribution in [0.1, 0.15) is 0 Å². The van der Waals surface area contributed by atoms with Gasteiger partial charge in [0.1, 0.15) is 5.75 Å². The van der Waals surface area contributed by atoms with Crippen molar-refractivity contribution in [2.24, 2.45) is 4.40 Å². The molecule has 68 valence electrons. The van der Waals surface area contributed by atoms with Crippen LogP contribution in [0.2, 0.25) is 0 Å². The maximum Gasteiger partial charge on any atom is 0.292 e. The maximum absolute atomic E-state index is 11.0. The molecule has 0 aromatic heterocycles. The summed E-state index contributed by atoms with van der Waals surface area (Å²) in [5.41, 5.74) is 0. The molecular formula is C7H5NO4S. The molecule has 1 aromatic carbocycles. The topological polar surface area (TPSA) is 83.8 Å². The Labute approximate surface area is 74.4 Å². The maximum atomic E-state index is 11.0. The van der Waals surface area contributed by atoms with Gasteiger partial charge in [-0.1, -0.05) is 4.40 Å². The molecule has 1 aromatic rings. The molecule has 13 heavy (non-hydrogen) atoms. The van der Waals surface area contributed by atoms with Crippen molar-refractivity contribution >= 4 is 16.1 Å². The van der Waals surface area contributed by atoms with Crippen LogP contribution >= 0.6 is 0 Å². The van der Waals surface area contributed by atoms with Crippen molar-refractivity contribution in [1.29, 1.82) is 0 Å². The third-order valence-electron chi connectivity index (χ3n) is 1.29. The number of phenols is 1. The number of benzene rings is 1. The molecule has 0 bridgehead atoms. The number of rotatable bonds is 2. The van der Waals surface area contributed by atoms with Crippen molar-refractivity contribution in [2.75, 3.05) is 0 Å². The second-order valence-electron chi connectivity index (χ2n) is 2.15. The quantitative estimate of drug-likeness (QED) is 0.552. The van der Waals surface area contributed by atoms with Gasteiger partial charge in [-0.25, -0.2) is 4.79 Å². The van der Waals surface area contributed by atoms with Crippen molar-refractivity contribution in [2.45, 2.75) is 4.90 Å². The van der Waals surface area contributed by atoms with Gasteiger partial charge in [-0.05, 0) is 24.3 Å². The summed E-state index contributed by atoms with van der Waals surface area (Å²) >= 11 is 0. The molecule has 0 radical (unpaired) electrons. The molecule has 1 N–H and O–H groups in total. The molecule has 0 saturated carbocycles. The van der Waals surface area contributed by atoms with E-state index in [1.54, 1.807) is 0 Å². The smallest absolute Gasteiger partial charge is 0.292 e. The van der Waals surface area contributed by atoms with Crippen molar-refractivity contribution < 1.29 is 18.3 Å². The number of sulfonamides is 1. The minimum Gasteiger partial charge on any atom is -0.508 e. The van der Waals surface area contributed by atoms with Crippen LogP contribution in [-0.4, -0.2) is 19.6 Å². The summed E-state index contributed by atoms with van der Waals surface area (Å²) in [6, 6.07) is 4.66. The second-order valence-corrected chi connectivity index (χ2v) is 3.76. The summed E-state index contributed by atoms with van der Waals surface area (Å²) < 4.78 is 24.7. The molecule has 5 nitrogen and oxygen atoms in total. The number of carbonyl (C=O) groups excluding carboxylic acids is 1. The number of isocyanates is 1. The van der Waals surface area contributed by atoms with E-state index in [0.29, 0.717) is 0 Å². The second kappa shape index (κ2) is 3.38. The minimum absolute atomic E-state index is 0.0611. The Morgan fingerprint density at radius 1 is 1.23 bits per heavy atom. The number of hydrogen-bond donors (Lipinski definition) is 1. The number of nitrogens with zero attached hydrogens (tertiary/aromatic N) is 1. The Bertz CT molecular complexity index is 442. The van der Waals surface area contributed by atoms with Crippen molar-refractivity contribution in [3.63, 3.8) is 0 Å². The average Bonchev–Trinajstić information content (AvgIpc) is 2.05. The standard InChI is InChI=1S/C7H5NO4S/c9-5-8-13(11,12)7-3-1-6(10)2-4-7/h1-4,10H. The first-order chi connectivity index (χ1) is 6.06. The van der Waals surface area contributed by atoms with Gasteiger partial charge in [0, 0.05) is 0 Å². The minimum atomic E-state index is -3.94. The normalized spacial score (nSPS) is 10.5. The molecule has 0 aliphatic carbocycles. The lowest BCUT2D eigenvalue weighted by Crippen LogP contribution is -1.95. The lowest BCUT2D eigenvalue weighted by molar-refractivity contribution is 0.475. The van der Waals surface area contributed by atoms with E-state index < -0.39 is 10.0 Å². The van der Waals surface area contributed by atoms with Gasteiger partial charge in [0.05, 0.1) is 4.90 Å². The Hall–Kier alpha value is -1.65. The molecule has 0 aliphatic rings. The van der Waals surface area contributed by atoms with Gasteiger partial charge >= 0.3 is 0 Å². The predicted molar refractivity (Wildman–Crippen MR) is 43.4 cm³/mol. The van der Waals surface area contributed by atoms with Crippen LogP contribution in [0, 0.1) is 0 Å². The Morgan fingerprint density at radius 3 is 2.23 bits per heavy atom. The van der Waals surface area contributed by atoms with Crippen LogP contribution in [0.5, 0.6) is 5.75 Å². The summed E-state index contributed by atoms with van der Waals surface area (Å²) in [7, 11) is -3.94. The molecule has 0 amide bonds. The van der Waals surface area contributed by atoms with E-state index >= 15 is 0 Å². The predicted octanol–water partition coefficient (Wildman–Crippen LogP) is 0.417. The highest BCUT2D eigenvalue weighted by Crippen LogP contribution is 2.15. The van der Waals surface area contributed by atoms with Crippen LogP contribution in [0.25, 0.3) is 0 Å². The zero-order valence-corrected chi connectivity index (χ0v) is 7.15. The van der Waals surface area contributed by atoms with Crippen LogP contribution in [0.3, 0.4) is 0 Å². The Morgan fingerprint density at radius 2 is 1.77 bits per heavy atom. The highest BCUT2D eigenvalue weighted by atomic mass is 32.2. The average molecular weight is 199 g/mol. The SMILES string of the molecule is O=C=NS(=O)(=O)c1ccc(O)cc1. The molecule has 1 rings (SSSR count). The fourth-order valence-corrected chi connectivity index (χ4v) is 1.40. The van der Waals surface area contributed by atoms with E-state index in [-0.39, 0.29) is 10.6 Å². The summed E-state index contributed by atoms with van der Waals surface area (Å²) in [5, 5.41) is 8.85. The van der Waals surface area contributed by atoms with E-state index in [1.807, 2.05) is 0 Å². The number of aromatic hydroxyl groups is 1. The Kier molecular flexibility index (Phi) is 2.46. The van der Waals surface area contributed by atoms with Gasteiger partial charge in [0.25, 0.3) is 16.1 Å². The van der Waals surface area contributed by atoms with E-state index in [2.05, 4.69) is 4.40 Å². The first kappa shape index (κ1) is 9.44. The largest absolute Gasteiger partial charge is 0.508 e. The van der Waals surface area contributed by atoms with Gasteiger partial charge in [0.15, 0.2) is 0 Å². The van der Waals surface area contributed by atoms with Crippen LogP contribution in [0.4, 0.5) is 0 Å². The van der Waals surface area contributed by atoms with Gasteiger partial charge < -0.3 is 5.11 Å². The summed E-state index contributed by atoms with van der Waals surface area (Å²) in [6.45, 7) is 0. The van der Waals surface area contributed by atoms with E-state index in [9.17, 15) is 13.2 Å². The van der Waals surface area contributed by atoms with Crippen LogP contribution in [-0.2, 0) is 14.8 Å². The van der Waals surface area contributed by atoms with Crippen molar-refractivity contribution in [3.8, 4) is 5.75 Å². The third-order valence-corrected chi connectivity index (χ3v) is 2.47. The molecule has 0 fully saturated rings. The molecule has 0 unspecified atom stereocenters. The lowest BCUT2D eigenvalue weighted by Gasteiger charge is -1.95. The van der Waals surface area contributed by atoms with Gasteiger partial charge in [-0.3, -0.25) is 0 Å². The molecule has 0 aliphatic heterocycles. The molecular weight excluding hydrogens is 194 g/mol. The lowest BCUT2D eigenvalue weighted by atomic mass is 10.3. The molecule has 6 heteroatoms. The summed E-state index contributed by atoms with van der Waals surface area (Å²) in [4.78, 5) is 9.58. The molecule has 0 heterocycles. The Balaban J connectivity index is 3.24. The highest BCUT2D eigenvalue weighted by molar-refractivity contribution is 7.90. The van der Waals surface area contributed by atoms with Crippen LogP contribution < -0.4 is 0 Å². The van der Waals surface area contributed by atoms with Crippen molar-refractivity contribution in [1.82, 2.24) is 0 Å². The molecule has 0 atom stereocenters. The number of phenolic OH excluding ortho intramolecular Hbond substituents is 1. The number of hydrogen-bond acceptors (Lipinski definition) is 4. The highest BCUT2D eigenvalue weighted by Gasteiger charge is 2.11. The third kappa shape index (κ3) is 2.14. The zero-order valence-electron chi connectivity index (χ0n) is 6.34. The fourth-order valence-electron chi connectivity index (χ4n) is 0.720. The molecule has 0 saturated heterocycles. The summed E-state index contributed by atoms with van der Waals surface area (Å²) in [5.74, 6) is -0.0611. The van der Waals surface area contributed by atoms with E-state index in [0.717, 1.165) is 18.2 Å². The van der Waals surface area contributed by atoms with Gasteiger partial charge in [0.2, 0.25) is 0 Å². The summed E-state index contributed by atoms with van der Waals surface area (Å²) in [6.07, 6.45) is 0.946. The first-order valence-corrected chi connectivity index (χ1v) is 4.63. The van der Waals surface area contributed by atoms with E-state index in [4.69, 9.17) is 5.11 Å². The van der Waals surface area contributed by atoms with Crippen LogP contribution in [0.15, 0.2) is 33.6 Å².